The number of aliphatic hydroxyl groups excluding tert-OH is 1. The van der Waals surface area contributed by atoms with E-state index < -0.39 is 6.10 Å². The third kappa shape index (κ3) is 1.86. The van der Waals surface area contributed by atoms with Gasteiger partial charge < -0.3 is 15.3 Å². The van der Waals surface area contributed by atoms with E-state index in [-0.39, 0.29) is 5.41 Å². The molecule has 4 heteroatoms. The van der Waals surface area contributed by atoms with Crippen LogP contribution in [0.25, 0.3) is 0 Å². The molecule has 1 saturated carbocycles. The number of hydrogen-bond donors (Lipinski definition) is 2. The van der Waals surface area contributed by atoms with Crippen LogP contribution in [0.2, 0.25) is 0 Å². The van der Waals surface area contributed by atoms with Gasteiger partial charge in [0.1, 0.15) is 11.9 Å². The van der Waals surface area contributed by atoms with Crippen molar-refractivity contribution < 1.29 is 9.52 Å². The molecule has 84 valence electrons. The fourth-order valence-corrected chi connectivity index (χ4v) is 2.87. The van der Waals surface area contributed by atoms with E-state index in [0.717, 1.165) is 30.2 Å². The van der Waals surface area contributed by atoms with E-state index in [4.69, 9.17) is 10.2 Å². The second-order valence-corrected chi connectivity index (χ2v) is 5.16. The summed E-state index contributed by atoms with van der Waals surface area (Å²) in [6, 6.07) is 1.80. The van der Waals surface area contributed by atoms with Crippen LogP contribution in [0.5, 0.6) is 0 Å². The normalized spacial score (nSPS) is 21.8. The summed E-state index contributed by atoms with van der Waals surface area (Å²) in [5, 5.41) is 10.3. The monoisotopic (exact) mass is 273 g/mol. The Bertz CT molecular complexity index is 331. The van der Waals surface area contributed by atoms with Gasteiger partial charge in [-0.15, -0.1) is 0 Å². The van der Waals surface area contributed by atoms with Crippen LogP contribution in [0.4, 0.5) is 0 Å². The molecule has 1 atom stereocenters. The van der Waals surface area contributed by atoms with Crippen LogP contribution < -0.4 is 5.73 Å². The van der Waals surface area contributed by atoms with Crippen LogP contribution in [0, 0.1) is 5.41 Å². The lowest BCUT2D eigenvalue weighted by molar-refractivity contribution is 0.0159. The molecule has 1 aliphatic carbocycles. The molecule has 1 fully saturated rings. The summed E-state index contributed by atoms with van der Waals surface area (Å²) in [7, 11) is 0. The van der Waals surface area contributed by atoms with Crippen molar-refractivity contribution in [3.63, 3.8) is 0 Å². The molecule has 1 aromatic heterocycles. The van der Waals surface area contributed by atoms with Gasteiger partial charge in [-0.3, -0.25) is 0 Å². The molecule has 0 saturated heterocycles. The van der Waals surface area contributed by atoms with Crippen molar-refractivity contribution in [2.75, 3.05) is 6.54 Å². The molecule has 0 aromatic carbocycles. The summed E-state index contributed by atoms with van der Waals surface area (Å²) >= 11 is 3.37. The molecule has 1 aliphatic rings. The zero-order valence-corrected chi connectivity index (χ0v) is 10.2. The third-order valence-electron chi connectivity index (χ3n) is 3.48. The first kappa shape index (κ1) is 11.2. The fraction of sp³-hybridized carbons (Fsp3) is 0.636. The highest BCUT2D eigenvalue weighted by Crippen LogP contribution is 2.48. The molecule has 1 heterocycles. The Morgan fingerprint density at radius 3 is 2.67 bits per heavy atom. The largest absolute Gasteiger partial charge is 0.465 e. The average Bonchev–Trinajstić information content (AvgIpc) is 2.86. The standard InChI is InChI=1S/C11H16BrNO2/c12-8-3-6-15-9(8)10(14)11(7-13)4-1-2-5-11/h3,6,10,14H,1-2,4-5,7,13H2. The quantitative estimate of drug-likeness (QED) is 0.890. The summed E-state index contributed by atoms with van der Waals surface area (Å²) in [6.45, 7) is 0.515. The average molecular weight is 274 g/mol. The minimum atomic E-state index is -0.589. The van der Waals surface area contributed by atoms with E-state index in [1.807, 2.05) is 0 Å². The van der Waals surface area contributed by atoms with E-state index >= 15 is 0 Å². The molecule has 2 rings (SSSR count). The number of furan rings is 1. The van der Waals surface area contributed by atoms with Gasteiger partial charge in [0.05, 0.1) is 10.7 Å². The van der Waals surface area contributed by atoms with Crippen molar-refractivity contribution in [1.29, 1.82) is 0 Å². The van der Waals surface area contributed by atoms with Crippen LogP contribution in [0.3, 0.4) is 0 Å². The fourth-order valence-electron chi connectivity index (χ4n) is 2.45. The van der Waals surface area contributed by atoms with Crippen molar-refractivity contribution in [2.45, 2.75) is 31.8 Å². The van der Waals surface area contributed by atoms with Crippen LogP contribution >= 0.6 is 15.9 Å². The second kappa shape index (κ2) is 4.28. The van der Waals surface area contributed by atoms with Gasteiger partial charge in [0.15, 0.2) is 0 Å². The van der Waals surface area contributed by atoms with Gasteiger partial charge in [0.2, 0.25) is 0 Å². The Kier molecular flexibility index (Phi) is 3.19. The molecule has 0 radical (unpaired) electrons. The van der Waals surface area contributed by atoms with Crippen molar-refractivity contribution >= 4 is 15.9 Å². The van der Waals surface area contributed by atoms with Gasteiger partial charge in [0, 0.05) is 12.0 Å². The highest BCUT2D eigenvalue weighted by molar-refractivity contribution is 9.10. The summed E-state index contributed by atoms with van der Waals surface area (Å²) in [5.74, 6) is 0.613. The Morgan fingerprint density at radius 2 is 2.20 bits per heavy atom. The lowest BCUT2D eigenvalue weighted by Crippen LogP contribution is -2.34. The summed E-state index contributed by atoms with van der Waals surface area (Å²) < 4.78 is 6.14. The van der Waals surface area contributed by atoms with Crippen molar-refractivity contribution in [2.24, 2.45) is 11.1 Å². The molecule has 3 N–H and O–H groups in total. The molecule has 0 aliphatic heterocycles. The maximum absolute atomic E-state index is 10.3. The molecule has 0 spiro atoms. The van der Waals surface area contributed by atoms with E-state index in [9.17, 15) is 5.11 Å². The minimum absolute atomic E-state index is 0.180. The van der Waals surface area contributed by atoms with Gasteiger partial charge in [-0.25, -0.2) is 0 Å². The number of hydrogen-bond acceptors (Lipinski definition) is 3. The predicted molar refractivity (Wildman–Crippen MR) is 61.3 cm³/mol. The van der Waals surface area contributed by atoms with E-state index in [1.165, 1.54) is 0 Å². The van der Waals surface area contributed by atoms with Crippen molar-refractivity contribution in [3.8, 4) is 0 Å². The number of halogens is 1. The van der Waals surface area contributed by atoms with Crippen molar-refractivity contribution in [1.82, 2.24) is 0 Å². The second-order valence-electron chi connectivity index (χ2n) is 4.31. The molecule has 15 heavy (non-hydrogen) atoms. The SMILES string of the molecule is NCC1(C(O)c2occc2Br)CCCC1. The molecular formula is C11H16BrNO2. The maximum Gasteiger partial charge on any atom is 0.147 e. The number of nitrogens with two attached hydrogens (primary N) is 1. The summed E-state index contributed by atoms with van der Waals surface area (Å²) in [6.07, 6.45) is 5.26. The van der Waals surface area contributed by atoms with E-state index in [0.29, 0.717) is 12.3 Å². The molecular weight excluding hydrogens is 258 g/mol. The maximum atomic E-state index is 10.3. The van der Waals surface area contributed by atoms with Gasteiger partial charge in [-0.1, -0.05) is 12.8 Å². The highest BCUT2D eigenvalue weighted by Gasteiger charge is 2.42. The Balaban J connectivity index is 2.26. The summed E-state index contributed by atoms with van der Waals surface area (Å²) in [4.78, 5) is 0. The smallest absolute Gasteiger partial charge is 0.147 e. The van der Waals surface area contributed by atoms with Crippen LogP contribution in [-0.4, -0.2) is 11.7 Å². The molecule has 0 bridgehead atoms. The highest BCUT2D eigenvalue weighted by atomic mass is 79.9. The molecule has 1 unspecified atom stereocenters. The first-order valence-corrected chi connectivity index (χ1v) is 6.10. The Morgan fingerprint density at radius 1 is 1.53 bits per heavy atom. The molecule has 3 nitrogen and oxygen atoms in total. The number of rotatable bonds is 3. The Labute approximate surface area is 97.8 Å². The zero-order valence-electron chi connectivity index (χ0n) is 8.58. The van der Waals surface area contributed by atoms with Gasteiger partial charge in [-0.2, -0.15) is 0 Å². The van der Waals surface area contributed by atoms with Gasteiger partial charge >= 0.3 is 0 Å². The lowest BCUT2D eigenvalue weighted by atomic mass is 9.79. The predicted octanol–water partition coefficient (Wildman–Crippen LogP) is 2.59. The first-order valence-electron chi connectivity index (χ1n) is 5.31. The minimum Gasteiger partial charge on any atom is -0.465 e. The van der Waals surface area contributed by atoms with Crippen LogP contribution in [0.1, 0.15) is 37.5 Å². The lowest BCUT2D eigenvalue weighted by Gasteiger charge is -2.31. The van der Waals surface area contributed by atoms with Gasteiger partial charge in [-0.05, 0) is 34.8 Å². The number of aliphatic hydroxyl groups is 1. The topological polar surface area (TPSA) is 59.4 Å². The zero-order chi connectivity index (χ0) is 10.9. The molecule has 0 amide bonds. The van der Waals surface area contributed by atoms with Crippen molar-refractivity contribution in [3.05, 3.63) is 22.6 Å². The summed E-state index contributed by atoms with van der Waals surface area (Å²) in [5.41, 5.74) is 5.63. The van der Waals surface area contributed by atoms with Gasteiger partial charge in [0.25, 0.3) is 0 Å². The van der Waals surface area contributed by atoms with E-state index in [2.05, 4.69) is 15.9 Å². The molecule has 1 aromatic rings. The van der Waals surface area contributed by atoms with Crippen LogP contribution in [0.15, 0.2) is 21.2 Å². The third-order valence-corrected chi connectivity index (χ3v) is 4.13. The Hall–Kier alpha value is -0.320. The van der Waals surface area contributed by atoms with E-state index in [1.54, 1.807) is 12.3 Å². The van der Waals surface area contributed by atoms with Crippen LogP contribution in [-0.2, 0) is 0 Å². The first-order chi connectivity index (χ1) is 7.19.